The number of unbranched alkanes of at least 4 members (excludes halogenated alkanes) is 1. The van der Waals surface area contributed by atoms with E-state index in [0.717, 1.165) is 0 Å². The van der Waals surface area contributed by atoms with Crippen molar-refractivity contribution in [1.82, 2.24) is 16.0 Å². The third-order valence-electron chi connectivity index (χ3n) is 5.17. The van der Waals surface area contributed by atoms with Gasteiger partial charge < -0.3 is 32.5 Å². The summed E-state index contributed by atoms with van der Waals surface area (Å²) in [6.07, 6.45) is 1.80. The quantitative estimate of drug-likeness (QED) is 0.192. The van der Waals surface area contributed by atoms with Gasteiger partial charge in [-0.3, -0.25) is 14.4 Å². The number of aliphatic carboxylic acids is 1. The minimum absolute atomic E-state index is 0.0624. The molecular weight excluding hydrogens is 414 g/mol. The Morgan fingerprint density at radius 3 is 1.78 bits per heavy atom. The molecule has 0 radical (unpaired) electrons. The lowest BCUT2D eigenvalue weighted by Gasteiger charge is -2.27. The van der Waals surface area contributed by atoms with Crippen LogP contribution in [0.4, 0.5) is 0 Å². The summed E-state index contributed by atoms with van der Waals surface area (Å²) < 4.78 is 0. The van der Waals surface area contributed by atoms with Crippen LogP contribution in [0.1, 0.15) is 67.2 Å². The number of carboxylic acids is 1. The molecule has 0 rings (SSSR count). The molecule has 0 aliphatic heterocycles. The molecule has 0 aliphatic rings. The van der Waals surface area contributed by atoms with Crippen molar-refractivity contribution >= 4 is 23.7 Å². The van der Waals surface area contributed by atoms with E-state index in [1.54, 1.807) is 13.8 Å². The number of nitrogens with two attached hydrogens (primary N) is 2. The fourth-order valence-electron chi connectivity index (χ4n) is 3.08. The Labute approximate surface area is 191 Å². The topological polar surface area (TPSA) is 177 Å². The van der Waals surface area contributed by atoms with E-state index >= 15 is 0 Å². The summed E-state index contributed by atoms with van der Waals surface area (Å²) in [7, 11) is 0. The van der Waals surface area contributed by atoms with Crippen LogP contribution in [0.2, 0.25) is 0 Å². The summed E-state index contributed by atoms with van der Waals surface area (Å²) in [5, 5.41) is 17.3. The Balaban J connectivity index is 5.45. The van der Waals surface area contributed by atoms with Crippen molar-refractivity contribution in [3.63, 3.8) is 0 Å². The van der Waals surface area contributed by atoms with Gasteiger partial charge in [-0.05, 0) is 50.0 Å². The summed E-state index contributed by atoms with van der Waals surface area (Å²) in [5.74, 6) is -2.96. The number of rotatable bonds is 15. The molecule has 4 atom stereocenters. The highest BCUT2D eigenvalue weighted by molar-refractivity contribution is 5.94. The van der Waals surface area contributed by atoms with Gasteiger partial charge in [-0.1, -0.05) is 41.5 Å². The minimum Gasteiger partial charge on any atom is -0.480 e. The molecule has 0 bridgehead atoms. The van der Waals surface area contributed by atoms with Crippen molar-refractivity contribution in [1.29, 1.82) is 0 Å². The molecule has 0 aromatic rings. The zero-order valence-corrected chi connectivity index (χ0v) is 20.3. The van der Waals surface area contributed by atoms with Gasteiger partial charge in [0.15, 0.2) is 0 Å². The lowest BCUT2D eigenvalue weighted by molar-refractivity contribution is -0.143. The normalized spacial score (nSPS) is 15.2. The van der Waals surface area contributed by atoms with Crippen LogP contribution in [0, 0.1) is 17.8 Å². The van der Waals surface area contributed by atoms with Gasteiger partial charge in [0.25, 0.3) is 0 Å². The maximum atomic E-state index is 13.0. The van der Waals surface area contributed by atoms with Crippen LogP contribution in [0.15, 0.2) is 0 Å². The maximum absolute atomic E-state index is 13.0. The molecule has 0 saturated carbocycles. The summed E-state index contributed by atoms with van der Waals surface area (Å²) in [5.41, 5.74) is 11.4. The van der Waals surface area contributed by atoms with E-state index in [0.29, 0.717) is 25.8 Å². The van der Waals surface area contributed by atoms with Crippen molar-refractivity contribution in [2.45, 2.75) is 91.4 Å². The number of hydrogen-bond acceptors (Lipinski definition) is 6. The monoisotopic (exact) mass is 457 g/mol. The number of hydrogen-bond donors (Lipinski definition) is 6. The highest BCUT2D eigenvalue weighted by atomic mass is 16.4. The molecule has 32 heavy (non-hydrogen) atoms. The molecule has 0 aromatic carbocycles. The largest absolute Gasteiger partial charge is 0.480 e. The predicted octanol–water partition coefficient (Wildman–Crippen LogP) is 0.340. The van der Waals surface area contributed by atoms with Crippen LogP contribution in [0.5, 0.6) is 0 Å². The van der Waals surface area contributed by atoms with Crippen LogP contribution in [0.25, 0.3) is 0 Å². The van der Waals surface area contributed by atoms with Crippen molar-refractivity contribution in [2.24, 2.45) is 29.2 Å². The van der Waals surface area contributed by atoms with Gasteiger partial charge in [0.2, 0.25) is 17.7 Å². The van der Waals surface area contributed by atoms with Gasteiger partial charge in [0.1, 0.15) is 18.1 Å². The number of carbonyl (C=O) groups is 4. The Bertz CT molecular complexity index is 624. The standard InChI is InChI=1S/C22H43N5O5/c1-12(2)11-16(22(31)32)26-19(28)15(9-7-8-10-23)25-21(30)18(14(5)6)27-20(29)17(24)13(3)4/h12-18H,7-11,23-24H2,1-6H3,(H,25,30)(H,26,28)(H,27,29)(H,31,32). The average molecular weight is 458 g/mol. The second kappa shape index (κ2) is 14.8. The summed E-state index contributed by atoms with van der Waals surface area (Å²) >= 11 is 0. The summed E-state index contributed by atoms with van der Waals surface area (Å²) in [6.45, 7) is 11.3. The van der Waals surface area contributed by atoms with Crippen LogP contribution in [0.3, 0.4) is 0 Å². The molecule has 0 aromatic heterocycles. The molecule has 10 heteroatoms. The van der Waals surface area contributed by atoms with E-state index in [1.807, 2.05) is 27.7 Å². The first kappa shape index (κ1) is 29.8. The van der Waals surface area contributed by atoms with Crippen molar-refractivity contribution in [3.05, 3.63) is 0 Å². The lowest BCUT2D eigenvalue weighted by Crippen LogP contribution is -2.58. The van der Waals surface area contributed by atoms with E-state index in [1.165, 1.54) is 0 Å². The molecule has 8 N–H and O–H groups in total. The molecule has 0 saturated heterocycles. The van der Waals surface area contributed by atoms with Crippen molar-refractivity contribution in [2.75, 3.05) is 6.54 Å². The van der Waals surface area contributed by atoms with Gasteiger partial charge in [-0.15, -0.1) is 0 Å². The fraction of sp³-hybridized carbons (Fsp3) is 0.818. The lowest BCUT2D eigenvalue weighted by atomic mass is 9.99. The third-order valence-corrected chi connectivity index (χ3v) is 5.17. The Morgan fingerprint density at radius 2 is 1.34 bits per heavy atom. The van der Waals surface area contributed by atoms with E-state index in [-0.39, 0.29) is 24.2 Å². The van der Waals surface area contributed by atoms with Crippen LogP contribution < -0.4 is 27.4 Å². The smallest absolute Gasteiger partial charge is 0.326 e. The second-order valence-electron chi connectivity index (χ2n) is 9.37. The van der Waals surface area contributed by atoms with E-state index in [9.17, 15) is 24.3 Å². The number of amides is 3. The molecule has 10 nitrogen and oxygen atoms in total. The zero-order chi connectivity index (χ0) is 25.0. The Hall–Kier alpha value is -2.20. The van der Waals surface area contributed by atoms with E-state index < -0.39 is 47.9 Å². The van der Waals surface area contributed by atoms with Crippen molar-refractivity contribution < 1.29 is 24.3 Å². The molecule has 0 aliphatic carbocycles. The van der Waals surface area contributed by atoms with E-state index in [4.69, 9.17) is 11.5 Å². The van der Waals surface area contributed by atoms with Gasteiger partial charge >= 0.3 is 5.97 Å². The highest BCUT2D eigenvalue weighted by Crippen LogP contribution is 2.09. The maximum Gasteiger partial charge on any atom is 0.326 e. The van der Waals surface area contributed by atoms with Gasteiger partial charge in [0, 0.05) is 0 Å². The Morgan fingerprint density at radius 1 is 0.781 bits per heavy atom. The van der Waals surface area contributed by atoms with Crippen LogP contribution in [-0.4, -0.2) is 59.5 Å². The molecular formula is C22H43N5O5. The predicted molar refractivity (Wildman–Crippen MR) is 123 cm³/mol. The molecule has 4 unspecified atom stereocenters. The van der Waals surface area contributed by atoms with E-state index in [2.05, 4.69) is 16.0 Å². The van der Waals surface area contributed by atoms with Gasteiger partial charge in [-0.25, -0.2) is 4.79 Å². The fourth-order valence-corrected chi connectivity index (χ4v) is 3.08. The first-order chi connectivity index (χ1) is 14.8. The summed E-state index contributed by atoms with van der Waals surface area (Å²) in [4.78, 5) is 49.7. The number of carboxylic acid groups (broad SMARTS) is 1. The molecule has 0 fully saturated rings. The second-order valence-corrected chi connectivity index (χ2v) is 9.37. The first-order valence-electron chi connectivity index (χ1n) is 11.4. The zero-order valence-electron chi connectivity index (χ0n) is 20.3. The Kier molecular flexibility index (Phi) is 13.8. The minimum atomic E-state index is -1.13. The summed E-state index contributed by atoms with van der Waals surface area (Å²) in [6, 6.07) is -3.65. The molecule has 0 heterocycles. The SMILES string of the molecule is CC(C)CC(NC(=O)C(CCCCN)NC(=O)C(NC(=O)C(N)C(C)C)C(C)C)C(=O)O. The van der Waals surface area contributed by atoms with Crippen molar-refractivity contribution in [3.8, 4) is 0 Å². The highest BCUT2D eigenvalue weighted by Gasteiger charge is 2.32. The molecule has 0 spiro atoms. The average Bonchev–Trinajstić information content (AvgIpc) is 2.68. The van der Waals surface area contributed by atoms with Crippen LogP contribution >= 0.6 is 0 Å². The van der Waals surface area contributed by atoms with Gasteiger partial charge in [-0.2, -0.15) is 0 Å². The molecule has 3 amide bonds. The number of nitrogens with one attached hydrogen (secondary N) is 3. The van der Waals surface area contributed by atoms with Crippen LogP contribution in [-0.2, 0) is 19.2 Å². The molecule has 186 valence electrons. The number of carbonyl (C=O) groups excluding carboxylic acids is 3. The first-order valence-corrected chi connectivity index (χ1v) is 11.4. The van der Waals surface area contributed by atoms with Gasteiger partial charge in [0.05, 0.1) is 6.04 Å². The third kappa shape index (κ3) is 10.9.